The van der Waals surface area contributed by atoms with Gasteiger partial charge in [0, 0.05) is 31.1 Å². The van der Waals surface area contributed by atoms with Crippen LogP contribution in [0, 0.1) is 11.8 Å². The average molecular weight is 324 g/mol. The molecule has 2 aromatic heterocycles. The first-order valence-corrected chi connectivity index (χ1v) is 8.79. The van der Waals surface area contributed by atoms with Crippen molar-refractivity contribution in [3.05, 3.63) is 35.7 Å². The van der Waals surface area contributed by atoms with Gasteiger partial charge in [0.05, 0.1) is 0 Å². The lowest BCUT2D eigenvalue weighted by atomic mass is 9.91. The zero-order valence-electron chi connectivity index (χ0n) is 13.4. The van der Waals surface area contributed by atoms with Gasteiger partial charge in [0.2, 0.25) is 0 Å². The van der Waals surface area contributed by atoms with Gasteiger partial charge in [-0.15, -0.1) is 5.10 Å². The fraction of sp³-hybridized carbons (Fsp3) is 0.588. The van der Waals surface area contributed by atoms with Gasteiger partial charge in [-0.25, -0.2) is 4.98 Å². The average Bonchev–Trinajstić information content (AvgIpc) is 3.56. The Morgan fingerprint density at radius 1 is 1.21 bits per heavy atom. The van der Waals surface area contributed by atoms with Gasteiger partial charge >= 0.3 is 0 Å². The van der Waals surface area contributed by atoms with Crippen molar-refractivity contribution in [2.24, 2.45) is 11.8 Å². The number of nitrogens with one attached hydrogen (secondary N) is 1. The summed E-state index contributed by atoms with van der Waals surface area (Å²) in [6.45, 7) is 1.47. The van der Waals surface area contributed by atoms with Gasteiger partial charge in [0.1, 0.15) is 5.82 Å². The van der Waals surface area contributed by atoms with Crippen molar-refractivity contribution in [1.29, 1.82) is 0 Å². The van der Waals surface area contributed by atoms with Crippen LogP contribution in [0.2, 0.25) is 0 Å². The molecule has 0 radical (unpaired) electrons. The van der Waals surface area contributed by atoms with Crippen LogP contribution in [0.4, 0.5) is 0 Å². The first kappa shape index (κ1) is 14.1. The second kappa shape index (κ2) is 5.36. The third kappa shape index (κ3) is 2.48. The Balaban J connectivity index is 1.39. The van der Waals surface area contributed by atoms with Crippen LogP contribution in [0.15, 0.2) is 18.3 Å². The predicted octanol–water partition coefficient (Wildman–Crippen LogP) is 1.74. The SMILES string of the molecule is O=C(c1cccnn1)N1C[C@H](c2nc(C3CC3)n[nH]2)[C@@H](C2CC2)C1. The second-order valence-electron chi connectivity index (χ2n) is 7.28. The van der Waals surface area contributed by atoms with Gasteiger partial charge in [0.25, 0.3) is 5.91 Å². The molecule has 3 fully saturated rings. The fourth-order valence-corrected chi connectivity index (χ4v) is 3.84. The summed E-state index contributed by atoms with van der Waals surface area (Å²) in [6.07, 6.45) is 6.51. The van der Waals surface area contributed by atoms with Gasteiger partial charge in [-0.1, -0.05) is 0 Å². The van der Waals surface area contributed by atoms with E-state index in [1.807, 2.05) is 4.90 Å². The number of amides is 1. The Labute approximate surface area is 139 Å². The predicted molar refractivity (Wildman–Crippen MR) is 85.2 cm³/mol. The number of likely N-dealkylation sites (tertiary alicyclic amines) is 1. The maximum atomic E-state index is 12.7. The van der Waals surface area contributed by atoms with Crippen LogP contribution in [0.5, 0.6) is 0 Å². The topological polar surface area (TPSA) is 87.7 Å². The van der Waals surface area contributed by atoms with Crippen LogP contribution in [0.25, 0.3) is 0 Å². The summed E-state index contributed by atoms with van der Waals surface area (Å²) in [4.78, 5) is 19.4. The van der Waals surface area contributed by atoms with Crippen LogP contribution >= 0.6 is 0 Å². The summed E-state index contributed by atoms with van der Waals surface area (Å²) in [5, 5.41) is 15.3. The van der Waals surface area contributed by atoms with Crippen molar-refractivity contribution in [1.82, 2.24) is 30.3 Å². The molecular weight excluding hydrogens is 304 g/mol. The Morgan fingerprint density at radius 2 is 2.08 bits per heavy atom. The third-order valence-electron chi connectivity index (χ3n) is 5.48. The molecule has 1 amide bonds. The number of H-pyrrole nitrogens is 1. The molecule has 5 rings (SSSR count). The molecule has 2 atom stereocenters. The fourth-order valence-electron chi connectivity index (χ4n) is 3.84. The molecule has 7 heteroatoms. The van der Waals surface area contributed by atoms with E-state index >= 15 is 0 Å². The number of carbonyl (C=O) groups is 1. The number of aromatic nitrogens is 5. The number of nitrogens with zero attached hydrogens (tertiary/aromatic N) is 5. The molecule has 2 aliphatic carbocycles. The summed E-state index contributed by atoms with van der Waals surface area (Å²) >= 11 is 0. The Kier molecular flexibility index (Phi) is 3.14. The summed E-state index contributed by atoms with van der Waals surface area (Å²) in [5.74, 6) is 3.89. The Hall–Kier alpha value is -2.31. The zero-order valence-corrected chi connectivity index (χ0v) is 13.4. The van der Waals surface area contributed by atoms with Crippen molar-refractivity contribution in [3.8, 4) is 0 Å². The summed E-state index contributed by atoms with van der Waals surface area (Å²) in [6, 6.07) is 3.49. The largest absolute Gasteiger partial charge is 0.336 e. The molecule has 3 heterocycles. The Morgan fingerprint density at radius 3 is 2.79 bits per heavy atom. The lowest BCUT2D eigenvalue weighted by Crippen LogP contribution is -2.30. The van der Waals surface area contributed by atoms with Crippen molar-refractivity contribution in [2.45, 2.75) is 37.5 Å². The van der Waals surface area contributed by atoms with E-state index in [-0.39, 0.29) is 11.8 Å². The monoisotopic (exact) mass is 324 g/mol. The van der Waals surface area contributed by atoms with Crippen LogP contribution in [-0.2, 0) is 0 Å². The molecule has 1 saturated heterocycles. The molecule has 0 unspecified atom stereocenters. The second-order valence-corrected chi connectivity index (χ2v) is 7.28. The van der Waals surface area contributed by atoms with E-state index < -0.39 is 0 Å². The Bertz CT molecular complexity index is 751. The highest BCUT2D eigenvalue weighted by Crippen LogP contribution is 2.47. The molecular formula is C17H20N6O. The highest BCUT2D eigenvalue weighted by atomic mass is 16.2. The highest BCUT2D eigenvalue weighted by molar-refractivity contribution is 5.92. The molecule has 3 aliphatic rings. The lowest BCUT2D eigenvalue weighted by Gasteiger charge is -2.15. The van der Waals surface area contributed by atoms with E-state index in [4.69, 9.17) is 4.98 Å². The maximum absolute atomic E-state index is 12.7. The molecule has 1 N–H and O–H groups in total. The van der Waals surface area contributed by atoms with Crippen LogP contribution < -0.4 is 0 Å². The summed E-state index contributed by atoms with van der Waals surface area (Å²) in [5.41, 5.74) is 0.420. The molecule has 2 saturated carbocycles. The van der Waals surface area contributed by atoms with Gasteiger partial charge in [0.15, 0.2) is 11.5 Å². The van der Waals surface area contributed by atoms with Gasteiger partial charge < -0.3 is 4.90 Å². The number of hydrogen-bond donors (Lipinski definition) is 1. The smallest absolute Gasteiger partial charge is 0.274 e. The first-order chi connectivity index (χ1) is 11.8. The van der Waals surface area contributed by atoms with Gasteiger partial charge in [-0.2, -0.15) is 10.2 Å². The molecule has 1 aliphatic heterocycles. The molecule has 0 aromatic carbocycles. The van der Waals surface area contributed by atoms with Crippen LogP contribution in [0.1, 0.15) is 59.7 Å². The van der Waals surface area contributed by atoms with Gasteiger partial charge in [-0.05, 0) is 49.7 Å². The number of carbonyl (C=O) groups excluding carboxylic acids is 1. The molecule has 2 aromatic rings. The number of rotatable bonds is 4. The number of aromatic amines is 1. The minimum Gasteiger partial charge on any atom is -0.336 e. The van der Waals surface area contributed by atoms with E-state index in [9.17, 15) is 4.79 Å². The van der Waals surface area contributed by atoms with E-state index in [0.29, 0.717) is 30.0 Å². The van der Waals surface area contributed by atoms with Gasteiger partial charge in [-0.3, -0.25) is 9.89 Å². The standard InChI is InChI=1S/C17H20N6O/c24-17(14-2-1-7-18-20-14)23-8-12(10-3-4-10)13(9-23)16-19-15(21-22-16)11-5-6-11/h1-2,7,10-13H,3-6,8-9H2,(H,19,21,22)/t12-,13+/m1/s1. The van der Waals surface area contributed by atoms with E-state index in [1.165, 1.54) is 25.7 Å². The normalized spacial score (nSPS) is 26.8. The zero-order chi connectivity index (χ0) is 16.1. The van der Waals surface area contributed by atoms with Crippen molar-refractivity contribution >= 4 is 5.91 Å². The molecule has 0 bridgehead atoms. The molecule has 0 spiro atoms. The van der Waals surface area contributed by atoms with Crippen molar-refractivity contribution in [3.63, 3.8) is 0 Å². The minimum atomic E-state index is -0.0295. The molecule has 7 nitrogen and oxygen atoms in total. The summed E-state index contributed by atoms with van der Waals surface area (Å²) < 4.78 is 0. The quantitative estimate of drug-likeness (QED) is 0.925. The lowest BCUT2D eigenvalue weighted by molar-refractivity contribution is 0.0777. The highest BCUT2D eigenvalue weighted by Gasteiger charge is 2.46. The van der Waals surface area contributed by atoms with Crippen LogP contribution in [0.3, 0.4) is 0 Å². The van der Waals surface area contributed by atoms with E-state index in [2.05, 4.69) is 20.4 Å². The summed E-state index contributed by atoms with van der Waals surface area (Å²) in [7, 11) is 0. The van der Waals surface area contributed by atoms with Crippen molar-refractivity contribution < 1.29 is 4.79 Å². The van der Waals surface area contributed by atoms with E-state index in [1.54, 1.807) is 18.3 Å². The maximum Gasteiger partial charge on any atom is 0.274 e. The third-order valence-corrected chi connectivity index (χ3v) is 5.48. The first-order valence-electron chi connectivity index (χ1n) is 8.79. The molecule has 124 valence electrons. The van der Waals surface area contributed by atoms with Crippen LogP contribution in [-0.4, -0.2) is 49.3 Å². The minimum absolute atomic E-state index is 0.0295. The number of hydrogen-bond acceptors (Lipinski definition) is 5. The van der Waals surface area contributed by atoms with Crippen molar-refractivity contribution in [2.75, 3.05) is 13.1 Å². The van der Waals surface area contributed by atoms with E-state index in [0.717, 1.165) is 18.2 Å². The molecule has 24 heavy (non-hydrogen) atoms.